The van der Waals surface area contributed by atoms with Crippen LogP contribution in [-0.2, 0) is 9.53 Å². The van der Waals surface area contributed by atoms with Gasteiger partial charge in [-0.05, 0) is 19.4 Å². The maximum Gasteiger partial charge on any atom is 0.217 e. The molecule has 0 amide bonds. The zero-order chi connectivity index (χ0) is 10.6. The van der Waals surface area contributed by atoms with Gasteiger partial charge < -0.3 is 10.5 Å². The van der Waals surface area contributed by atoms with Gasteiger partial charge in [0, 0.05) is 29.2 Å². The minimum absolute atomic E-state index is 0.0746. The van der Waals surface area contributed by atoms with Crippen LogP contribution >= 0.6 is 22.6 Å². The highest BCUT2D eigenvalue weighted by molar-refractivity contribution is 14.1. The number of unbranched alkanes of at least 4 members (excludes halogenated alkanes) is 5. The van der Waals surface area contributed by atoms with Crippen LogP contribution in [0.2, 0.25) is 0 Å². The molecule has 0 aliphatic carbocycles. The van der Waals surface area contributed by atoms with Gasteiger partial charge in [-0.2, -0.15) is 0 Å². The van der Waals surface area contributed by atoms with Crippen LogP contribution < -0.4 is 5.73 Å². The maximum atomic E-state index is 10.5. The molecule has 84 valence electrons. The third-order valence-electron chi connectivity index (χ3n) is 1.96. The lowest BCUT2D eigenvalue weighted by Gasteiger charge is -2.01. The van der Waals surface area contributed by atoms with Crippen molar-refractivity contribution < 1.29 is 9.53 Å². The number of carbonyl (C=O) groups excluding carboxylic acids is 1. The number of ether oxygens (including phenoxy) is 1. The summed E-state index contributed by atoms with van der Waals surface area (Å²) in [6.45, 7) is 1.78. The molecule has 0 unspecified atom stereocenters. The van der Waals surface area contributed by atoms with E-state index in [1.165, 1.54) is 25.7 Å². The van der Waals surface area contributed by atoms with Crippen LogP contribution in [-0.4, -0.2) is 23.5 Å². The van der Waals surface area contributed by atoms with Gasteiger partial charge in [-0.15, -0.1) is 0 Å². The van der Waals surface area contributed by atoms with E-state index in [-0.39, 0.29) is 10.4 Å². The van der Waals surface area contributed by atoms with E-state index in [0.717, 1.165) is 19.4 Å². The second kappa shape index (κ2) is 11.4. The van der Waals surface area contributed by atoms with Crippen LogP contribution in [0.5, 0.6) is 0 Å². The molecule has 0 aliphatic heterocycles. The van der Waals surface area contributed by atoms with E-state index in [9.17, 15) is 4.79 Å². The van der Waals surface area contributed by atoms with Crippen molar-refractivity contribution in [1.82, 2.24) is 0 Å². The Morgan fingerprint density at radius 1 is 1.07 bits per heavy atom. The van der Waals surface area contributed by atoms with Crippen LogP contribution in [0, 0.1) is 0 Å². The van der Waals surface area contributed by atoms with Gasteiger partial charge in [-0.3, -0.25) is 4.79 Å². The molecular weight excluding hydrogens is 293 g/mol. The predicted octanol–water partition coefficient (Wildman–Crippen LogP) is 2.26. The topological polar surface area (TPSA) is 52.3 Å². The molecule has 14 heavy (non-hydrogen) atoms. The Morgan fingerprint density at radius 2 is 1.64 bits per heavy atom. The van der Waals surface area contributed by atoms with E-state index in [1.54, 1.807) is 22.6 Å². The molecule has 0 saturated carbocycles. The van der Waals surface area contributed by atoms with Gasteiger partial charge in [0.15, 0.2) is 0 Å². The van der Waals surface area contributed by atoms with Crippen molar-refractivity contribution in [1.29, 1.82) is 0 Å². The van der Waals surface area contributed by atoms with E-state index >= 15 is 0 Å². The van der Waals surface area contributed by atoms with Crippen LogP contribution in [0.4, 0.5) is 0 Å². The molecule has 2 N–H and O–H groups in total. The number of hydrogen-bond acceptors (Lipinski definition) is 3. The molecule has 4 heteroatoms. The molecule has 0 heterocycles. The van der Waals surface area contributed by atoms with Crippen molar-refractivity contribution in [2.45, 2.75) is 38.5 Å². The molecule has 3 nitrogen and oxygen atoms in total. The molecule has 0 aromatic carbocycles. The van der Waals surface area contributed by atoms with E-state index < -0.39 is 0 Å². The first-order valence-corrected chi connectivity index (χ1v) is 6.31. The second-order valence-electron chi connectivity index (χ2n) is 3.32. The summed E-state index contributed by atoms with van der Waals surface area (Å²) in [5, 5.41) is 0. The summed E-state index contributed by atoms with van der Waals surface area (Å²) in [7, 11) is 0. The van der Waals surface area contributed by atoms with Crippen LogP contribution in [0.3, 0.4) is 0 Å². The molecule has 0 saturated heterocycles. The number of rotatable bonds is 10. The van der Waals surface area contributed by atoms with E-state index in [1.807, 2.05) is 0 Å². The summed E-state index contributed by atoms with van der Waals surface area (Å²) < 4.78 is 5.22. The average Bonchev–Trinajstić information content (AvgIpc) is 2.15. The summed E-state index contributed by atoms with van der Waals surface area (Å²) in [5.74, 6) is 0. The van der Waals surface area contributed by atoms with Gasteiger partial charge in [0.05, 0.1) is 0 Å². The Bertz CT molecular complexity index is 142. The van der Waals surface area contributed by atoms with Crippen molar-refractivity contribution in [2.24, 2.45) is 5.73 Å². The molecule has 0 atom stereocenters. The lowest BCUT2D eigenvalue weighted by atomic mass is 10.1. The highest BCUT2D eigenvalue weighted by Crippen LogP contribution is 2.04. The smallest absolute Gasteiger partial charge is 0.217 e. The fourth-order valence-corrected chi connectivity index (χ4v) is 1.43. The second-order valence-corrected chi connectivity index (χ2v) is 4.52. The highest BCUT2D eigenvalue weighted by Gasteiger charge is 1.94. The molecule has 0 aliphatic rings. The Morgan fingerprint density at radius 3 is 2.21 bits per heavy atom. The lowest BCUT2D eigenvalue weighted by molar-refractivity contribution is -0.113. The van der Waals surface area contributed by atoms with Crippen LogP contribution in [0.25, 0.3) is 0 Å². The van der Waals surface area contributed by atoms with Gasteiger partial charge >= 0.3 is 0 Å². The summed E-state index contributed by atoms with van der Waals surface area (Å²) in [5.41, 5.74) is 5.38. The van der Waals surface area contributed by atoms with Crippen molar-refractivity contribution in [3.8, 4) is 0 Å². The molecule has 0 fully saturated rings. The Kier molecular flexibility index (Phi) is 11.7. The Balaban J connectivity index is 2.88. The fraction of sp³-hybridized carbons (Fsp3) is 0.900. The minimum atomic E-state index is 0.0746. The number of hydrogen-bond donors (Lipinski definition) is 1. The summed E-state index contributed by atoms with van der Waals surface area (Å²) >= 11 is 1.75. The quantitative estimate of drug-likeness (QED) is 0.382. The minimum Gasteiger partial charge on any atom is -0.373 e. The summed E-state index contributed by atoms with van der Waals surface area (Å²) in [4.78, 5) is 10.5. The van der Waals surface area contributed by atoms with Gasteiger partial charge in [0.25, 0.3) is 0 Å². The fourth-order valence-electron chi connectivity index (χ4n) is 1.21. The third kappa shape index (κ3) is 12.3. The Labute approximate surface area is 99.9 Å². The monoisotopic (exact) mass is 313 g/mol. The SMILES string of the molecule is NCCCCCCCCOCC(=O)I. The van der Waals surface area contributed by atoms with Gasteiger partial charge in [0.1, 0.15) is 6.61 Å². The van der Waals surface area contributed by atoms with E-state index in [2.05, 4.69) is 0 Å². The number of carbonyl (C=O) groups is 1. The van der Waals surface area contributed by atoms with Gasteiger partial charge in [-0.1, -0.05) is 25.7 Å². The molecule has 0 spiro atoms. The zero-order valence-corrected chi connectivity index (χ0v) is 10.8. The van der Waals surface area contributed by atoms with E-state index in [4.69, 9.17) is 10.5 Å². The molecule has 0 aromatic rings. The first kappa shape index (κ1) is 14.3. The molecule has 0 bridgehead atoms. The summed E-state index contributed by atoms with van der Waals surface area (Å²) in [6, 6.07) is 0. The van der Waals surface area contributed by atoms with Crippen LogP contribution in [0.1, 0.15) is 38.5 Å². The lowest BCUT2D eigenvalue weighted by Crippen LogP contribution is -2.02. The maximum absolute atomic E-state index is 10.5. The predicted molar refractivity (Wildman–Crippen MR) is 66.6 cm³/mol. The first-order valence-electron chi connectivity index (χ1n) is 5.23. The van der Waals surface area contributed by atoms with E-state index in [0.29, 0.717) is 6.61 Å². The first-order chi connectivity index (χ1) is 6.77. The van der Waals surface area contributed by atoms with Crippen LogP contribution in [0.15, 0.2) is 0 Å². The van der Waals surface area contributed by atoms with Crippen molar-refractivity contribution in [3.63, 3.8) is 0 Å². The largest absolute Gasteiger partial charge is 0.373 e. The van der Waals surface area contributed by atoms with Crippen molar-refractivity contribution in [3.05, 3.63) is 0 Å². The van der Waals surface area contributed by atoms with Gasteiger partial charge in [-0.25, -0.2) is 0 Å². The van der Waals surface area contributed by atoms with Crippen molar-refractivity contribution in [2.75, 3.05) is 19.8 Å². The standard InChI is InChI=1S/C10H20INO2/c11-10(13)9-14-8-6-4-2-1-3-5-7-12/h1-9,12H2. The van der Waals surface area contributed by atoms with Gasteiger partial charge in [0.2, 0.25) is 3.79 Å². The summed E-state index contributed by atoms with van der Waals surface area (Å²) in [6.07, 6.45) is 7.15. The zero-order valence-electron chi connectivity index (χ0n) is 8.64. The van der Waals surface area contributed by atoms with Crippen molar-refractivity contribution >= 4 is 26.4 Å². The highest BCUT2D eigenvalue weighted by atomic mass is 127. The molecular formula is C10H20INO2. The molecule has 0 rings (SSSR count). The average molecular weight is 313 g/mol. The molecule has 0 aromatic heterocycles. The number of nitrogens with two attached hydrogens (primary N) is 1. The molecule has 0 radical (unpaired) electrons. The Hall–Kier alpha value is 0.320. The third-order valence-corrected chi connectivity index (χ3v) is 2.27. The number of halogens is 1. The normalized spacial score (nSPS) is 10.4.